The number of piperidine rings is 1. The number of carboxylic acids is 1. The second-order valence-corrected chi connectivity index (χ2v) is 8.24. The van der Waals surface area contributed by atoms with Gasteiger partial charge in [-0.1, -0.05) is 32.9 Å². The van der Waals surface area contributed by atoms with Gasteiger partial charge in [-0.2, -0.15) is 0 Å². The van der Waals surface area contributed by atoms with Crippen molar-refractivity contribution in [2.45, 2.75) is 53.5 Å². The maximum Gasteiger partial charge on any atom is 0.337 e. The molecule has 172 valence electrons. The molecule has 0 spiro atoms. The lowest BCUT2D eigenvalue weighted by Gasteiger charge is -2.32. The fourth-order valence-electron chi connectivity index (χ4n) is 4.02. The predicted molar refractivity (Wildman–Crippen MR) is 123 cm³/mol. The molecule has 0 bridgehead atoms. The molecule has 3 rings (SSSR count). The Morgan fingerprint density at radius 3 is 2.23 bits per heavy atom. The number of nitrogens with zero attached hydrogens (tertiary/aromatic N) is 3. The van der Waals surface area contributed by atoms with Crippen LogP contribution in [0.15, 0.2) is 29.1 Å². The smallest absolute Gasteiger partial charge is 0.337 e. The average molecular weight is 433 g/mol. The number of hydrogen-bond acceptors (Lipinski definition) is 4. The first-order valence-electron chi connectivity index (χ1n) is 11.2. The number of rotatable bonds is 6. The summed E-state index contributed by atoms with van der Waals surface area (Å²) in [7, 11) is 0. The molecule has 31 heavy (non-hydrogen) atoms. The topological polar surface area (TPSA) is 96.6 Å². The van der Waals surface area contributed by atoms with Crippen LogP contribution in [0.4, 0.5) is 4.79 Å². The summed E-state index contributed by atoms with van der Waals surface area (Å²) in [5, 5.41) is 12.0. The highest BCUT2D eigenvalue weighted by Crippen LogP contribution is 2.19. The van der Waals surface area contributed by atoms with Gasteiger partial charge in [0.25, 0.3) is 0 Å². The number of nitrogens with one attached hydrogen (secondary N) is 1. The van der Waals surface area contributed by atoms with Crippen LogP contribution in [0.5, 0.6) is 0 Å². The molecular weight excluding hydrogens is 396 g/mol. The second-order valence-electron chi connectivity index (χ2n) is 8.24. The van der Waals surface area contributed by atoms with Crippen LogP contribution in [0.25, 0.3) is 11.0 Å². The number of para-hydroxylation sites is 2. The first-order chi connectivity index (χ1) is 14.8. The van der Waals surface area contributed by atoms with Gasteiger partial charge in [-0.15, -0.1) is 0 Å². The maximum absolute atomic E-state index is 12.8. The third-order valence-electron chi connectivity index (χ3n) is 5.70. The minimum Gasteiger partial charge on any atom is -0.481 e. The largest absolute Gasteiger partial charge is 0.481 e. The number of likely N-dealkylation sites (tertiary alicyclic amines) is 1. The van der Waals surface area contributed by atoms with E-state index in [1.807, 2.05) is 45.9 Å². The minimum absolute atomic E-state index is 0.0426. The number of fused-ring (bicyclic) bond motifs is 1. The van der Waals surface area contributed by atoms with E-state index in [-0.39, 0.29) is 17.6 Å². The van der Waals surface area contributed by atoms with Crippen LogP contribution in [0.3, 0.4) is 0 Å². The normalized spacial score (nSPS) is 16.1. The molecule has 2 N–H and O–H groups in total. The van der Waals surface area contributed by atoms with Crippen LogP contribution in [-0.4, -0.2) is 57.3 Å². The van der Waals surface area contributed by atoms with Crippen LogP contribution in [0, 0.1) is 11.8 Å². The quantitative estimate of drug-likeness (QED) is 0.729. The summed E-state index contributed by atoms with van der Waals surface area (Å²) in [6.45, 7) is 12.3. The van der Waals surface area contributed by atoms with Crippen molar-refractivity contribution >= 4 is 23.0 Å². The summed E-state index contributed by atoms with van der Waals surface area (Å²) >= 11 is 0. The molecule has 1 amide bonds. The Morgan fingerprint density at radius 2 is 1.68 bits per heavy atom. The molecule has 1 atom stereocenters. The Kier molecular flexibility index (Phi) is 8.86. The fourth-order valence-corrected chi connectivity index (χ4v) is 4.02. The summed E-state index contributed by atoms with van der Waals surface area (Å²) < 4.78 is 2.86. The van der Waals surface area contributed by atoms with Gasteiger partial charge in [0.05, 0.1) is 17.0 Å². The molecule has 8 nitrogen and oxygen atoms in total. The zero-order valence-corrected chi connectivity index (χ0v) is 19.3. The van der Waals surface area contributed by atoms with E-state index in [2.05, 4.69) is 10.2 Å². The van der Waals surface area contributed by atoms with E-state index in [1.165, 1.54) is 4.57 Å². The molecule has 2 aromatic rings. The van der Waals surface area contributed by atoms with E-state index in [1.54, 1.807) is 17.6 Å². The number of carbonyl (C=O) groups is 2. The summed E-state index contributed by atoms with van der Waals surface area (Å²) in [5.74, 6) is -0.828. The lowest BCUT2D eigenvalue weighted by Crippen LogP contribution is -2.43. The van der Waals surface area contributed by atoms with Crippen molar-refractivity contribution in [3.8, 4) is 0 Å². The van der Waals surface area contributed by atoms with E-state index < -0.39 is 12.0 Å². The molecule has 0 aliphatic carbocycles. The zero-order chi connectivity index (χ0) is 23.1. The standard InChI is InChI=1S/C21H30N4O4.C2H6/c1-14(2)24-17-6-4-5-7-18(17)25(21(24)29)20(28)22-12-16-8-10-23(11-9-16)13-15(3)19(26)27;1-2/h4-7,14-16H,8-13H2,1-3H3,(H,22,28)(H,26,27);1-2H3. The highest BCUT2D eigenvalue weighted by molar-refractivity contribution is 5.89. The van der Waals surface area contributed by atoms with E-state index in [0.29, 0.717) is 24.5 Å². The number of carbonyl (C=O) groups excluding carboxylic acids is 1. The Morgan fingerprint density at radius 1 is 1.10 bits per heavy atom. The van der Waals surface area contributed by atoms with E-state index in [0.717, 1.165) is 31.4 Å². The van der Waals surface area contributed by atoms with Crippen LogP contribution in [0.1, 0.15) is 53.5 Å². The van der Waals surface area contributed by atoms with Gasteiger partial charge in [-0.05, 0) is 57.8 Å². The molecule has 8 heteroatoms. The number of amides is 1. The monoisotopic (exact) mass is 432 g/mol. The van der Waals surface area contributed by atoms with Gasteiger partial charge in [0.2, 0.25) is 0 Å². The van der Waals surface area contributed by atoms with Gasteiger partial charge >= 0.3 is 17.7 Å². The minimum atomic E-state index is -0.773. The molecule has 1 fully saturated rings. The molecule has 1 aromatic carbocycles. The van der Waals surface area contributed by atoms with E-state index >= 15 is 0 Å². The molecular formula is C23H36N4O4. The van der Waals surface area contributed by atoms with Crippen LogP contribution in [-0.2, 0) is 4.79 Å². The second kappa shape index (κ2) is 11.1. The van der Waals surface area contributed by atoms with Crippen LogP contribution in [0.2, 0.25) is 0 Å². The van der Waals surface area contributed by atoms with Gasteiger partial charge in [0.1, 0.15) is 0 Å². The molecule has 1 aliphatic heterocycles. The summed E-state index contributed by atoms with van der Waals surface area (Å²) in [6.07, 6.45) is 1.80. The molecule has 2 heterocycles. The highest BCUT2D eigenvalue weighted by Gasteiger charge is 2.24. The average Bonchev–Trinajstić information content (AvgIpc) is 3.06. The molecule has 1 unspecified atom stereocenters. The number of imidazole rings is 1. The van der Waals surface area contributed by atoms with Crippen molar-refractivity contribution in [1.29, 1.82) is 0 Å². The van der Waals surface area contributed by atoms with Crippen molar-refractivity contribution in [1.82, 2.24) is 19.4 Å². The number of aromatic nitrogens is 2. The van der Waals surface area contributed by atoms with Crippen molar-refractivity contribution in [3.63, 3.8) is 0 Å². The lowest BCUT2D eigenvalue weighted by atomic mass is 9.96. The number of aliphatic carboxylic acids is 1. The van der Waals surface area contributed by atoms with Crippen molar-refractivity contribution in [2.24, 2.45) is 11.8 Å². The summed E-state index contributed by atoms with van der Waals surface area (Å²) in [6, 6.07) is 6.89. The third-order valence-corrected chi connectivity index (χ3v) is 5.70. The number of carboxylic acid groups (broad SMARTS) is 1. The molecule has 0 saturated carbocycles. The van der Waals surface area contributed by atoms with Gasteiger partial charge in [0.15, 0.2) is 0 Å². The number of benzene rings is 1. The summed E-state index contributed by atoms with van der Waals surface area (Å²) in [5.41, 5.74) is 1.04. The molecule has 1 saturated heterocycles. The molecule has 1 aliphatic rings. The maximum atomic E-state index is 12.8. The Balaban J connectivity index is 0.00000166. The highest BCUT2D eigenvalue weighted by atomic mass is 16.4. The fraction of sp³-hybridized carbons (Fsp3) is 0.609. The van der Waals surface area contributed by atoms with Crippen molar-refractivity contribution in [3.05, 3.63) is 34.7 Å². The van der Waals surface area contributed by atoms with E-state index in [9.17, 15) is 14.4 Å². The van der Waals surface area contributed by atoms with Crippen molar-refractivity contribution in [2.75, 3.05) is 26.2 Å². The van der Waals surface area contributed by atoms with Crippen molar-refractivity contribution < 1.29 is 14.7 Å². The van der Waals surface area contributed by atoms with Gasteiger partial charge < -0.3 is 15.3 Å². The van der Waals surface area contributed by atoms with Gasteiger partial charge in [-0.3, -0.25) is 9.36 Å². The first-order valence-corrected chi connectivity index (χ1v) is 11.2. The number of hydrogen-bond donors (Lipinski definition) is 2. The Labute approximate surface area is 183 Å². The zero-order valence-electron chi connectivity index (χ0n) is 19.3. The summed E-state index contributed by atoms with van der Waals surface area (Å²) in [4.78, 5) is 38.8. The van der Waals surface area contributed by atoms with Gasteiger partial charge in [0, 0.05) is 19.1 Å². The van der Waals surface area contributed by atoms with Gasteiger partial charge in [-0.25, -0.2) is 14.2 Å². The molecule has 1 aromatic heterocycles. The Bertz CT molecular complexity index is 939. The predicted octanol–water partition coefficient (Wildman–Crippen LogP) is 3.40. The van der Waals surface area contributed by atoms with Crippen LogP contribution >= 0.6 is 0 Å². The first kappa shape index (κ1) is 24.7. The lowest BCUT2D eigenvalue weighted by molar-refractivity contribution is -0.141. The van der Waals surface area contributed by atoms with Crippen LogP contribution < -0.4 is 11.0 Å². The Hall–Kier alpha value is -2.61. The molecule has 0 radical (unpaired) electrons. The van der Waals surface area contributed by atoms with E-state index in [4.69, 9.17) is 5.11 Å². The SMILES string of the molecule is CC.CC(CN1CCC(CNC(=O)n2c(=O)n(C(C)C)c3ccccc32)CC1)C(=O)O. The third kappa shape index (κ3) is 5.76.